The number of hydrogen-bond donors (Lipinski definition) is 1. The molecular weight excluding hydrogens is 274 g/mol. The number of benzene rings is 2. The second kappa shape index (κ2) is 7.23. The summed E-state index contributed by atoms with van der Waals surface area (Å²) in [5, 5.41) is 3.11. The van der Waals surface area contributed by atoms with Crippen LogP contribution in [0.5, 0.6) is 0 Å². The van der Waals surface area contributed by atoms with Gasteiger partial charge in [-0.15, -0.1) is 0 Å². The van der Waals surface area contributed by atoms with E-state index in [0.717, 1.165) is 5.56 Å². The number of nitrogens with one attached hydrogen (secondary N) is 1. The standard InChI is InChI=1S/C19H23NO2/c1-19(2,3)22-18(21)14-20-13-15-9-11-17(12-10-15)16-7-5-4-6-8-16/h4-12,20H,13-14H2,1-3H3. The molecule has 0 unspecified atom stereocenters. The Morgan fingerprint density at radius 2 is 1.55 bits per heavy atom. The van der Waals surface area contributed by atoms with Gasteiger partial charge in [-0.05, 0) is 37.5 Å². The first-order chi connectivity index (χ1) is 10.4. The molecule has 0 saturated heterocycles. The van der Waals surface area contributed by atoms with E-state index in [0.29, 0.717) is 6.54 Å². The smallest absolute Gasteiger partial charge is 0.320 e. The maximum Gasteiger partial charge on any atom is 0.320 e. The molecule has 0 saturated carbocycles. The van der Waals surface area contributed by atoms with Gasteiger partial charge in [-0.2, -0.15) is 0 Å². The molecule has 0 aliphatic carbocycles. The Morgan fingerprint density at radius 1 is 0.955 bits per heavy atom. The van der Waals surface area contributed by atoms with Crippen LogP contribution in [0.15, 0.2) is 54.6 Å². The number of carbonyl (C=O) groups excluding carboxylic acids is 1. The fraction of sp³-hybridized carbons (Fsp3) is 0.316. The fourth-order valence-electron chi connectivity index (χ4n) is 2.13. The minimum atomic E-state index is -0.434. The summed E-state index contributed by atoms with van der Waals surface area (Å²) in [6.07, 6.45) is 0. The minimum absolute atomic E-state index is 0.220. The number of carbonyl (C=O) groups is 1. The number of ether oxygens (including phenoxy) is 1. The molecule has 0 aromatic heterocycles. The zero-order valence-corrected chi connectivity index (χ0v) is 13.4. The second-order valence-electron chi connectivity index (χ2n) is 6.25. The molecule has 22 heavy (non-hydrogen) atoms. The van der Waals surface area contributed by atoms with Crippen LogP contribution in [-0.4, -0.2) is 18.1 Å². The lowest BCUT2D eigenvalue weighted by Crippen LogP contribution is -2.31. The predicted octanol–water partition coefficient (Wildman–Crippen LogP) is 3.78. The zero-order valence-electron chi connectivity index (χ0n) is 13.4. The molecule has 2 aromatic rings. The molecule has 0 aliphatic rings. The van der Waals surface area contributed by atoms with Crippen molar-refractivity contribution in [3.63, 3.8) is 0 Å². The van der Waals surface area contributed by atoms with Crippen LogP contribution in [0.3, 0.4) is 0 Å². The lowest BCUT2D eigenvalue weighted by atomic mass is 10.0. The highest BCUT2D eigenvalue weighted by Crippen LogP contribution is 2.19. The van der Waals surface area contributed by atoms with Gasteiger partial charge in [0.05, 0.1) is 6.54 Å². The van der Waals surface area contributed by atoms with Gasteiger partial charge < -0.3 is 10.1 Å². The molecular formula is C19H23NO2. The van der Waals surface area contributed by atoms with Crippen LogP contribution >= 0.6 is 0 Å². The van der Waals surface area contributed by atoms with Gasteiger partial charge in [0.1, 0.15) is 5.60 Å². The number of rotatable bonds is 5. The van der Waals surface area contributed by atoms with E-state index in [9.17, 15) is 4.79 Å². The van der Waals surface area contributed by atoms with E-state index in [4.69, 9.17) is 4.74 Å². The molecule has 0 heterocycles. The Balaban J connectivity index is 1.84. The first-order valence-corrected chi connectivity index (χ1v) is 7.51. The van der Waals surface area contributed by atoms with Crippen molar-refractivity contribution in [2.75, 3.05) is 6.54 Å². The Kier molecular flexibility index (Phi) is 5.34. The van der Waals surface area contributed by atoms with Gasteiger partial charge in [0, 0.05) is 6.54 Å². The summed E-state index contributed by atoms with van der Waals surface area (Å²) >= 11 is 0. The Labute approximate surface area is 132 Å². The van der Waals surface area contributed by atoms with Gasteiger partial charge in [-0.25, -0.2) is 0 Å². The molecule has 0 atom stereocenters. The molecule has 0 amide bonds. The molecule has 3 nitrogen and oxygen atoms in total. The highest BCUT2D eigenvalue weighted by molar-refractivity contribution is 5.72. The lowest BCUT2D eigenvalue weighted by molar-refractivity contribution is -0.153. The maximum absolute atomic E-state index is 11.6. The monoisotopic (exact) mass is 297 g/mol. The third-order valence-electron chi connectivity index (χ3n) is 3.08. The maximum atomic E-state index is 11.6. The van der Waals surface area contributed by atoms with Crippen LogP contribution in [0, 0.1) is 0 Å². The lowest BCUT2D eigenvalue weighted by Gasteiger charge is -2.19. The summed E-state index contributed by atoms with van der Waals surface area (Å²) in [4.78, 5) is 11.6. The second-order valence-corrected chi connectivity index (χ2v) is 6.25. The van der Waals surface area contributed by atoms with Gasteiger partial charge >= 0.3 is 5.97 Å². The van der Waals surface area contributed by atoms with Gasteiger partial charge in [-0.1, -0.05) is 54.6 Å². The predicted molar refractivity (Wildman–Crippen MR) is 89.4 cm³/mol. The molecule has 1 N–H and O–H groups in total. The molecule has 2 rings (SSSR count). The van der Waals surface area contributed by atoms with E-state index >= 15 is 0 Å². The van der Waals surface area contributed by atoms with E-state index in [2.05, 4.69) is 41.7 Å². The largest absolute Gasteiger partial charge is 0.459 e. The van der Waals surface area contributed by atoms with E-state index in [-0.39, 0.29) is 12.5 Å². The Bertz CT molecular complexity index is 598. The van der Waals surface area contributed by atoms with Crippen LogP contribution in [0.1, 0.15) is 26.3 Å². The first-order valence-electron chi connectivity index (χ1n) is 7.51. The minimum Gasteiger partial charge on any atom is -0.459 e. The van der Waals surface area contributed by atoms with Crippen molar-refractivity contribution in [2.45, 2.75) is 32.9 Å². The van der Waals surface area contributed by atoms with E-state index in [1.165, 1.54) is 11.1 Å². The average molecular weight is 297 g/mol. The highest BCUT2D eigenvalue weighted by Gasteiger charge is 2.15. The molecule has 0 radical (unpaired) electrons. The van der Waals surface area contributed by atoms with Crippen LogP contribution in [0.2, 0.25) is 0 Å². The molecule has 2 aromatic carbocycles. The zero-order chi connectivity index (χ0) is 16.0. The summed E-state index contributed by atoms with van der Waals surface area (Å²) in [6, 6.07) is 18.6. The van der Waals surface area contributed by atoms with E-state index < -0.39 is 5.60 Å². The molecule has 116 valence electrons. The van der Waals surface area contributed by atoms with Crippen molar-refractivity contribution in [1.29, 1.82) is 0 Å². The van der Waals surface area contributed by atoms with Crippen molar-refractivity contribution in [2.24, 2.45) is 0 Å². The molecule has 0 spiro atoms. The van der Waals surface area contributed by atoms with Crippen LogP contribution < -0.4 is 5.32 Å². The summed E-state index contributed by atoms with van der Waals surface area (Å²) in [5.74, 6) is -0.228. The van der Waals surface area contributed by atoms with E-state index in [1.807, 2.05) is 39.0 Å². The summed E-state index contributed by atoms with van der Waals surface area (Å²) in [7, 11) is 0. The van der Waals surface area contributed by atoms with E-state index in [1.54, 1.807) is 0 Å². The Hall–Kier alpha value is -2.13. The quantitative estimate of drug-likeness (QED) is 0.853. The van der Waals surface area contributed by atoms with Crippen molar-refractivity contribution >= 4 is 5.97 Å². The van der Waals surface area contributed by atoms with Gasteiger partial charge in [0.25, 0.3) is 0 Å². The SMILES string of the molecule is CC(C)(C)OC(=O)CNCc1ccc(-c2ccccc2)cc1. The summed E-state index contributed by atoms with van der Waals surface area (Å²) in [6.45, 7) is 6.47. The van der Waals surface area contributed by atoms with Crippen LogP contribution in [-0.2, 0) is 16.1 Å². The Morgan fingerprint density at radius 3 is 2.14 bits per heavy atom. The van der Waals surface area contributed by atoms with Crippen molar-refractivity contribution in [1.82, 2.24) is 5.32 Å². The van der Waals surface area contributed by atoms with Crippen molar-refractivity contribution < 1.29 is 9.53 Å². The third kappa shape index (κ3) is 5.34. The third-order valence-corrected chi connectivity index (χ3v) is 3.08. The normalized spacial score (nSPS) is 11.2. The highest BCUT2D eigenvalue weighted by atomic mass is 16.6. The molecule has 0 aliphatic heterocycles. The molecule has 0 fully saturated rings. The topological polar surface area (TPSA) is 38.3 Å². The van der Waals surface area contributed by atoms with Gasteiger partial charge in [-0.3, -0.25) is 4.79 Å². The average Bonchev–Trinajstić information content (AvgIpc) is 2.47. The van der Waals surface area contributed by atoms with Gasteiger partial charge in [0.15, 0.2) is 0 Å². The number of hydrogen-bond acceptors (Lipinski definition) is 3. The summed E-state index contributed by atoms with van der Waals surface area (Å²) < 4.78 is 5.25. The van der Waals surface area contributed by atoms with Gasteiger partial charge in [0.2, 0.25) is 0 Å². The van der Waals surface area contributed by atoms with Crippen molar-refractivity contribution in [3.05, 3.63) is 60.2 Å². The van der Waals surface area contributed by atoms with Crippen molar-refractivity contribution in [3.8, 4) is 11.1 Å². The molecule has 3 heteroatoms. The summed E-state index contributed by atoms with van der Waals surface area (Å²) in [5.41, 5.74) is 3.10. The molecule has 0 bridgehead atoms. The van der Waals surface area contributed by atoms with Crippen LogP contribution in [0.4, 0.5) is 0 Å². The fourth-order valence-corrected chi connectivity index (χ4v) is 2.13. The van der Waals surface area contributed by atoms with Crippen LogP contribution in [0.25, 0.3) is 11.1 Å². The number of esters is 1. The first kappa shape index (κ1) is 16.2.